The number of benzene rings is 3. The second-order valence-corrected chi connectivity index (χ2v) is 9.35. The predicted molar refractivity (Wildman–Crippen MR) is 120 cm³/mol. The predicted octanol–water partition coefficient (Wildman–Crippen LogP) is 3.36. The lowest BCUT2D eigenvalue weighted by Gasteiger charge is -2.04. The van der Waals surface area contributed by atoms with Crippen molar-refractivity contribution in [3.8, 4) is 0 Å². The Morgan fingerprint density at radius 3 is 2.67 bits per heavy atom. The van der Waals surface area contributed by atoms with Gasteiger partial charge in [0.05, 0.1) is 21.5 Å². The van der Waals surface area contributed by atoms with Crippen molar-refractivity contribution in [3.05, 3.63) is 83.7 Å². The number of carbonyl (C=O) groups is 1. The van der Waals surface area contributed by atoms with Gasteiger partial charge in [-0.1, -0.05) is 59.9 Å². The smallest absolute Gasteiger partial charge is 0.252 e. The third-order valence-electron chi connectivity index (χ3n) is 4.74. The highest BCUT2D eigenvalue weighted by atomic mass is 32.2. The van der Waals surface area contributed by atoms with Gasteiger partial charge in [0.1, 0.15) is 0 Å². The van der Waals surface area contributed by atoms with Gasteiger partial charge in [-0.15, -0.1) is 6.58 Å². The standard InChI is InChI=1S/C22H19N3O3S2/c1-2-12-25-19-11-10-17(30(23,27)28)14-20(19)29-22(25)24-21(26)13-16-8-5-7-15-6-3-4-9-18(15)16/h2-11,14H,1,12-13H2,(H2,23,27,28). The van der Waals surface area contributed by atoms with E-state index in [1.54, 1.807) is 12.1 Å². The Morgan fingerprint density at radius 1 is 1.13 bits per heavy atom. The molecule has 0 atom stereocenters. The van der Waals surface area contributed by atoms with E-state index in [9.17, 15) is 13.2 Å². The van der Waals surface area contributed by atoms with Gasteiger partial charge in [0.25, 0.3) is 5.91 Å². The highest BCUT2D eigenvalue weighted by molar-refractivity contribution is 7.89. The molecule has 0 radical (unpaired) electrons. The topological polar surface area (TPSA) is 94.5 Å². The van der Waals surface area contributed by atoms with Crippen LogP contribution in [0.25, 0.3) is 21.0 Å². The minimum atomic E-state index is -3.82. The Labute approximate surface area is 177 Å². The maximum absolute atomic E-state index is 12.8. The van der Waals surface area contributed by atoms with Gasteiger partial charge in [0.2, 0.25) is 10.0 Å². The molecule has 4 aromatic rings. The van der Waals surface area contributed by atoms with Gasteiger partial charge in [-0.2, -0.15) is 4.99 Å². The summed E-state index contributed by atoms with van der Waals surface area (Å²) in [7, 11) is -3.82. The van der Waals surface area contributed by atoms with E-state index >= 15 is 0 Å². The molecular weight excluding hydrogens is 418 g/mol. The van der Waals surface area contributed by atoms with E-state index in [1.807, 2.05) is 47.0 Å². The zero-order valence-electron chi connectivity index (χ0n) is 16.0. The number of rotatable bonds is 5. The molecule has 0 bridgehead atoms. The highest BCUT2D eigenvalue weighted by Gasteiger charge is 2.13. The number of hydrogen-bond acceptors (Lipinski definition) is 4. The van der Waals surface area contributed by atoms with Crippen LogP contribution in [0.2, 0.25) is 0 Å². The molecule has 1 amide bonds. The number of thiazole rings is 1. The van der Waals surface area contributed by atoms with E-state index in [0.717, 1.165) is 21.9 Å². The number of allylic oxidation sites excluding steroid dienone is 1. The van der Waals surface area contributed by atoms with Crippen LogP contribution in [0, 0.1) is 0 Å². The number of nitrogens with zero attached hydrogens (tertiary/aromatic N) is 2. The Balaban J connectivity index is 1.78. The normalized spacial score (nSPS) is 12.5. The van der Waals surface area contributed by atoms with Crippen LogP contribution < -0.4 is 9.94 Å². The van der Waals surface area contributed by atoms with Gasteiger partial charge in [0.15, 0.2) is 4.80 Å². The molecule has 30 heavy (non-hydrogen) atoms. The number of amides is 1. The first-order valence-electron chi connectivity index (χ1n) is 9.18. The van der Waals surface area contributed by atoms with Gasteiger partial charge in [-0.25, -0.2) is 13.6 Å². The van der Waals surface area contributed by atoms with E-state index in [2.05, 4.69) is 11.6 Å². The maximum Gasteiger partial charge on any atom is 0.252 e. The number of carbonyl (C=O) groups excluding carboxylic acids is 1. The summed E-state index contributed by atoms with van der Waals surface area (Å²) >= 11 is 1.24. The molecular formula is C22H19N3O3S2. The minimum absolute atomic E-state index is 0.0237. The molecule has 0 fully saturated rings. The van der Waals surface area contributed by atoms with Crippen molar-refractivity contribution in [3.63, 3.8) is 0 Å². The summed E-state index contributed by atoms with van der Waals surface area (Å²) in [4.78, 5) is 17.6. The zero-order valence-corrected chi connectivity index (χ0v) is 17.6. The van der Waals surface area contributed by atoms with Crippen LogP contribution in [0.15, 0.2) is 83.2 Å². The molecule has 8 heteroatoms. The molecule has 0 saturated heterocycles. The van der Waals surface area contributed by atoms with Crippen molar-refractivity contribution in [1.29, 1.82) is 0 Å². The van der Waals surface area contributed by atoms with E-state index in [0.29, 0.717) is 16.0 Å². The Morgan fingerprint density at radius 2 is 1.90 bits per heavy atom. The van der Waals surface area contributed by atoms with E-state index in [1.165, 1.54) is 23.5 Å². The van der Waals surface area contributed by atoms with Crippen LogP contribution >= 0.6 is 11.3 Å². The number of hydrogen-bond donors (Lipinski definition) is 1. The summed E-state index contributed by atoms with van der Waals surface area (Å²) in [6.45, 7) is 4.20. The van der Waals surface area contributed by atoms with Crippen LogP contribution in [0.1, 0.15) is 5.56 Å². The third kappa shape index (κ3) is 3.97. The summed E-state index contributed by atoms with van der Waals surface area (Å²) in [6, 6.07) is 18.4. The number of nitrogens with two attached hydrogens (primary N) is 1. The molecule has 152 valence electrons. The molecule has 4 rings (SSSR count). The first-order chi connectivity index (χ1) is 14.4. The van der Waals surface area contributed by atoms with Crippen molar-refractivity contribution in [2.45, 2.75) is 17.9 Å². The molecule has 6 nitrogen and oxygen atoms in total. The lowest BCUT2D eigenvalue weighted by atomic mass is 10.0. The lowest BCUT2D eigenvalue weighted by molar-refractivity contribution is -0.117. The average molecular weight is 438 g/mol. The Kier molecular flexibility index (Phi) is 5.38. The maximum atomic E-state index is 12.8. The SMILES string of the molecule is C=CCn1c(=NC(=O)Cc2cccc3ccccc23)sc2cc(S(N)(=O)=O)ccc21. The fourth-order valence-corrected chi connectivity index (χ4v) is 5.09. The molecule has 0 saturated carbocycles. The van der Waals surface area contributed by atoms with Gasteiger partial charge >= 0.3 is 0 Å². The largest absolute Gasteiger partial charge is 0.313 e. The number of fused-ring (bicyclic) bond motifs is 2. The average Bonchev–Trinajstić information content (AvgIpc) is 3.04. The number of sulfonamides is 1. The molecule has 0 aliphatic rings. The molecule has 1 aromatic heterocycles. The van der Waals surface area contributed by atoms with Crippen molar-refractivity contribution in [2.75, 3.05) is 0 Å². The summed E-state index contributed by atoms with van der Waals surface area (Å²) in [5.74, 6) is -0.276. The number of primary sulfonamides is 1. The Hall–Kier alpha value is -3.07. The zero-order chi connectivity index (χ0) is 21.3. The monoisotopic (exact) mass is 437 g/mol. The molecule has 0 spiro atoms. The van der Waals surface area contributed by atoms with Crippen LogP contribution in [-0.4, -0.2) is 18.9 Å². The van der Waals surface area contributed by atoms with Crippen LogP contribution in [0.3, 0.4) is 0 Å². The second kappa shape index (κ2) is 7.98. The lowest BCUT2D eigenvalue weighted by Crippen LogP contribution is -2.17. The van der Waals surface area contributed by atoms with Gasteiger partial charge in [-0.3, -0.25) is 4.79 Å². The molecule has 1 heterocycles. The van der Waals surface area contributed by atoms with E-state index in [-0.39, 0.29) is 17.2 Å². The number of aromatic nitrogens is 1. The van der Waals surface area contributed by atoms with Crippen LogP contribution in [-0.2, 0) is 27.8 Å². The summed E-state index contributed by atoms with van der Waals surface area (Å²) < 4.78 is 25.8. The highest BCUT2D eigenvalue weighted by Crippen LogP contribution is 2.22. The van der Waals surface area contributed by atoms with Gasteiger partial charge in [-0.05, 0) is 34.5 Å². The fraction of sp³-hybridized carbons (Fsp3) is 0.0909. The summed E-state index contributed by atoms with van der Waals surface area (Å²) in [5.41, 5.74) is 1.68. The van der Waals surface area contributed by atoms with Crippen molar-refractivity contribution in [1.82, 2.24) is 4.57 Å². The Bertz CT molecular complexity index is 1460. The van der Waals surface area contributed by atoms with E-state index < -0.39 is 10.0 Å². The van der Waals surface area contributed by atoms with Crippen molar-refractivity contribution >= 4 is 48.3 Å². The van der Waals surface area contributed by atoms with Crippen LogP contribution in [0.5, 0.6) is 0 Å². The molecule has 0 aliphatic carbocycles. The first kappa shape index (κ1) is 20.2. The summed E-state index contributed by atoms with van der Waals surface area (Å²) in [6.07, 6.45) is 1.88. The third-order valence-corrected chi connectivity index (χ3v) is 6.69. The molecule has 3 aromatic carbocycles. The van der Waals surface area contributed by atoms with Crippen LogP contribution in [0.4, 0.5) is 0 Å². The fourth-order valence-electron chi connectivity index (χ4n) is 3.38. The summed E-state index contributed by atoms with van der Waals surface area (Å²) in [5, 5.41) is 7.34. The quantitative estimate of drug-likeness (QED) is 0.485. The minimum Gasteiger partial charge on any atom is -0.313 e. The second-order valence-electron chi connectivity index (χ2n) is 6.78. The molecule has 2 N–H and O–H groups in total. The first-order valence-corrected chi connectivity index (χ1v) is 11.5. The molecule has 0 aliphatic heterocycles. The molecule has 0 unspecified atom stereocenters. The van der Waals surface area contributed by atoms with Gasteiger partial charge in [0, 0.05) is 6.54 Å². The van der Waals surface area contributed by atoms with E-state index in [4.69, 9.17) is 5.14 Å². The van der Waals surface area contributed by atoms with Gasteiger partial charge < -0.3 is 4.57 Å². The van der Waals surface area contributed by atoms with Crippen molar-refractivity contribution < 1.29 is 13.2 Å². The van der Waals surface area contributed by atoms with Crippen molar-refractivity contribution in [2.24, 2.45) is 10.1 Å².